The van der Waals surface area contributed by atoms with E-state index in [1.165, 1.54) is 38.0 Å². The molecule has 0 aliphatic carbocycles. The summed E-state index contributed by atoms with van der Waals surface area (Å²) in [7, 11) is 1.09. The van der Waals surface area contributed by atoms with Crippen LogP contribution >= 0.6 is 22.6 Å². The van der Waals surface area contributed by atoms with Crippen molar-refractivity contribution in [3.8, 4) is 0 Å². The molecule has 0 bridgehead atoms. The lowest BCUT2D eigenvalue weighted by atomic mass is 9.80. The Morgan fingerprint density at radius 3 is 1.61 bits per heavy atom. The minimum absolute atomic E-state index is 0.126. The largest absolute Gasteiger partial charge is 0.488 e. The van der Waals surface area contributed by atoms with Crippen molar-refractivity contribution in [2.45, 2.75) is 22.4 Å². The first kappa shape index (κ1) is 35.6. The number of esters is 2. The number of carbonyl (C=O) groups is 2. The van der Waals surface area contributed by atoms with Crippen molar-refractivity contribution in [2.75, 3.05) is 53.9 Å². The van der Waals surface area contributed by atoms with Crippen LogP contribution in [0, 0.1) is 0 Å². The Hall–Kier alpha value is -2.85. The summed E-state index contributed by atoms with van der Waals surface area (Å²) in [5, 5.41) is 26.5. The summed E-state index contributed by atoms with van der Waals surface area (Å²) >= 11 is 2.37. The Morgan fingerprint density at radius 1 is 0.750 bits per heavy atom. The molecule has 3 fully saturated rings. The summed E-state index contributed by atoms with van der Waals surface area (Å²) in [5.74, 6) is 0.214. The summed E-state index contributed by atoms with van der Waals surface area (Å²) in [6.45, 7) is 5.24. The Labute approximate surface area is 271 Å². The summed E-state index contributed by atoms with van der Waals surface area (Å²) in [5.41, 5.74) is 4.60. The number of ether oxygens (including phenoxy) is 5. The zero-order chi connectivity index (χ0) is 31.9. The van der Waals surface area contributed by atoms with Crippen LogP contribution in [-0.4, -0.2) is 92.0 Å². The molecular weight excluding hydrogens is 682 g/mol. The second-order valence-corrected chi connectivity index (χ2v) is 11.9. The number of hydrogen-bond donors (Lipinski definition) is 3. The van der Waals surface area contributed by atoms with Gasteiger partial charge < -0.3 is 38.8 Å². The molecule has 0 saturated carbocycles. The number of carbonyl (C=O) groups excluding carboxylic acids is 2. The van der Waals surface area contributed by atoms with Crippen LogP contribution < -0.4 is 5.46 Å². The van der Waals surface area contributed by atoms with Gasteiger partial charge in [0.2, 0.25) is 0 Å². The number of alkyl halides is 1. The molecule has 0 spiro atoms. The van der Waals surface area contributed by atoms with Crippen LogP contribution in [0.5, 0.6) is 0 Å². The van der Waals surface area contributed by atoms with Crippen molar-refractivity contribution in [1.29, 1.82) is 0 Å². The topological polar surface area (TPSA) is 141 Å². The van der Waals surface area contributed by atoms with Crippen LogP contribution in [0.15, 0.2) is 72.8 Å². The van der Waals surface area contributed by atoms with Gasteiger partial charge in [-0.05, 0) is 46.4 Å². The first-order valence-corrected chi connectivity index (χ1v) is 15.3. The van der Waals surface area contributed by atoms with Gasteiger partial charge in [0.15, 0.2) is 0 Å². The molecule has 3 aliphatic rings. The standard InChI is InChI=1S/C11H12O3.C10H12O2.C8H9BO4.C3H5IO/c1-13-11(12)9-4-2-3-8(5-9)10-6-14-7-10;11-5-8-2-1-3-9(4-8)10-6-12-7-10;1-13-8(10)6-3-2-4-7(5-6)9(11)12;4-3-1-5-2-3/h2-5,10H,6-7H2,1H3;1-4,10-11H,5-7H2;2-5,11-12H,1H3;3H,1-2H2. The zero-order valence-electron chi connectivity index (χ0n) is 24.8. The van der Waals surface area contributed by atoms with Gasteiger partial charge >= 0.3 is 19.1 Å². The second kappa shape index (κ2) is 18.8. The van der Waals surface area contributed by atoms with E-state index >= 15 is 0 Å². The highest BCUT2D eigenvalue weighted by molar-refractivity contribution is 14.1. The lowest BCUT2D eigenvalue weighted by Crippen LogP contribution is -2.30. The third-order valence-electron chi connectivity index (χ3n) is 6.86. The van der Waals surface area contributed by atoms with E-state index in [1.807, 2.05) is 36.4 Å². The fraction of sp³-hybridized carbons (Fsp3) is 0.375. The van der Waals surface area contributed by atoms with Gasteiger partial charge in [-0.3, -0.25) is 0 Å². The molecule has 236 valence electrons. The smallest absolute Gasteiger partial charge is 0.465 e. The monoisotopic (exact) mass is 720 g/mol. The fourth-order valence-electron chi connectivity index (χ4n) is 3.99. The molecule has 3 saturated heterocycles. The Bertz CT molecular complexity index is 1330. The number of aliphatic hydroxyl groups excluding tert-OH is 1. The van der Waals surface area contributed by atoms with Gasteiger partial charge in [0.1, 0.15) is 0 Å². The van der Waals surface area contributed by atoms with Gasteiger partial charge in [-0.15, -0.1) is 0 Å². The minimum Gasteiger partial charge on any atom is -0.465 e. The lowest BCUT2D eigenvalue weighted by Gasteiger charge is -2.26. The Morgan fingerprint density at radius 2 is 1.20 bits per heavy atom. The molecule has 3 aromatic carbocycles. The maximum Gasteiger partial charge on any atom is 0.488 e. The van der Waals surface area contributed by atoms with Crippen molar-refractivity contribution in [3.05, 3.63) is 101 Å². The highest BCUT2D eigenvalue weighted by atomic mass is 127. The lowest BCUT2D eigenvalue weighted by molar-refractivity contribution is 0.00831. The van der Waals surface area contributed by atoms with Gasteiger partial charge in [-0.25, -0.2) is 9.59 Å². The van der Waals surface area contributed by atoms with Crippen LogP contribution in [0.25, 0.3) is 0 Å². The number of halogens is 1. The van der Waals surface area contributed by atoms with Crippen LogP contribution in [0.2, 0.25) is 0 Å². The third kappa shape index (κ3) is 11.3. The molecule has 0 aromatic heterocycles. The molecule has 0 radical (unpaired) electrons. The van der Waals surface area contributed by atoms with E-state index in [1.54, 1.807) is 12.1 Å². The summed E-state index contributed by atoms with van der Waals surface area (Å²) in [6.07, 6.45) is 0. The summed E-state index contributed by atoms with van der Waals surface area (Å²) in [4.78, 5) is 22.2. The number of methoxy groups -OCH3 is 2. The van der Waals surface area contributed by atoms with Crippen LogP contribution in [0.4, 0.5) is 0 Å². The minimum atomic E-state index is -1.57. The molecule has 12 heteroatoms. The summed E-state index contributed by atoms with van der Waals surface area (Å²) < 4.78 is 25.0. The second-order valence-electron chi connectivity index (χ2n) is 10.1. The summed E-state index contributed by atoms with van der Waals surface area (Å²) in [6, 6.07) is 21.6. The average molecular weight is 720 g/mol. The maximum absolute atomic E-state index is 11.2. The van der Waals surface area contributed by atoms with Gasteiger partial charge in [-0.2, -0.15) is 0 Å². The van der Waals surface area contributed by atoms with Crippen molar-refractivity contribution < 1.29 is 48.4 Å². The van der Waals surface area contributed by atoms with E-state index in [9.17, 15) is 9.59 Å². The molecular formula is C32H38BIO10. The fourth-order valence-corrected chi connectivity index (χ4v) is 4.50. The number of aliphatic hydroxyl groups is 1. The number of rotatable bonds is 6. The molecule has 3 heterocycles. The molecule has 6 rings (SSSR count). The highest BCUT2D eigenvalue weighted by Crippen LogP contribution is 2.25. The quantitative estimate of drug-likeness (QED) is 0.151. The van der Waals surface area contributed by atoms with Gasteiger partial charge in [0.05, 0.1) is 75.5 Å². The van der Waals surface area contributed by atoms with Crippen molar-refractivity contribution in [2.24, 2.45) is 0 Å². The number of benzene rings is 3. The first-order chi connectivity index (χ1) is 21.2. The molecule has 0 unspecified atom stereocenters. The zero-order valence-corrected chi connectivity index (χ0v) is 26.9. The Balaban J connectivity index is 0.000000167. The third-order valence-corrected chi connectivity index (χ3v) is 7.58. The van der Waals surface area contributed by atoms with Gasteiger partial charge in [0.25, 0.3) is 0 Å². The van der Waals surface area contributed by atoms with Crippen molar-refractivity contribution in [1.82, 2.24) is 0 Å². The predicted octanol–water partition coefficient (Wildman–Crippen LogP) is 2.85. The molecule has 3 aromatic rings. The van der Waals surface area contributed by atoms with E-state index in [4.69, 9.17) is 29.4 Å². The predicted molar refractivity (Wildman–Crippen MR) is 174 cm³/mol. The molecule has 3 N–H and O–H groups in total. The first-order valence-electron chi connectivity index (χ1n) is 14.0. The van der Waals surface area contributed by atoms with E-state index < -0.39 is 13.1 Å². The van der Waals surface area contributed by atoms with Gasteiger partial charge in [-0.1, -0.05) is 71.1 Å². The van der Waals surface area contributed by atoms with Gasteiger partial charge in [0, 0.05) is 11.8 Å². The number of hydrogen-bond acceptors (Lipinski definition) is 10. The molecule has 0 atom stereocenters. The van der Waals surface area contributed by atoms with Crippen LogP contribution in [0.3, 0.4) is 0 Å². The normalized spacial score (nSPS) is 15.6. The Kier molecular flexibility index (Phi) is 15.3. The molecule has 44 heavy (non-hydrogen) atoms. The van der Waals surface area contributed by atoms with E-state index in [-0.39, 0.29) is 18.0 Å². The molecule has 0 amide bonds. The van der Waals surface area contributed by atoms with Crippen LogP contribution in [-0.2, 0) is 30.3 Å². The van der Waals surface area contributed by atoms with E-state index in [0.717, 1.165) is 54.7 Å². The molecule has 3 aliphatic heterocycles. The maximum atomic E-state index is 11.2. The van der Waals surface area contributed by atoms with E-state index in [0.29, 0.717) is 23.0 Å². The SMILES string of the molecule is COC(=O)c1cccc(B(O)O)c1.COC(=O)c1cccc(C2COC2)c1.IC1COC1.OCc1cccc(C2COC2)c1. The highest BCUT2D eigenvalue weighted by Gasteiger charge is 2.21. The van der Waals surface area contributed by atoms with Crippen LogP contribution in [0.1, 0.15) is 49.2 Å². The van der Waals surface area contributed by atoms with E-state index in [2.05, 4.69) is 38.1 Å². The van der Waals surface area contributed by atoms with Crippen molar-refractivity contribution >= 4 is 47.1 Å². The average Bonchev–Trinajstić information content (AvgIpc) is 2.99. The molecule has 10 nitrogen and oxygen atoms in total. The van der Waals surface area contributed by atoms with Crippen molar-refractivity contribution in [3.63, 3.8) is 0 Å².